The Hall–Kier alpha value is -0.160. The van der Waals surface area contributed by atoms with E-state index in [0.29, 0.717) is 19.8 Å². The standard InChI is InChI=1S/C11H23NO3/c1-9(2)11(3,14)8-12-4-5-15-7-10(12)6-13/h9-10,13-14H,4-8H2,1-3H3. The third kappa shape index (κ3) is 3.41. The average Bonchev–Trinajstić information content (AvgIpc) is 2.18. The van der Waals surface area contributed by atoms with E-state index in [9.17, 15) is 10.2 Å². The van der Waals surface area contributed by atoms with Gasteiger partial charge in [-0.3, -0.25) is 4.90 Å². The minimum absolute atomic E-state index is 0.0315. The lowest BCUT2D eigenvalue weighted by molar-refractivity contribution is -0.0799. The molecule has 0 aromatic heterocycles. The van der Waals surface area contributed by atoms with Crippen molar-refractivity contribution in [2.24, 2.45) is 5.92 Å². The van der Waals surface area contributed by atoms with Gasteiger partial charge in [0.25, 0.3) is 0 Å². The first-order valence-corrected chi connectivity index (χ1v) is 5.62. The molecule has 1 saturated heterocycles. The summed E-state index contributed by atoms with van der Waals surface area (Å²) in [7, 11) is 0. The molecule has 15 heavy (non-hydrogen) atoms. The topological polar surface area (TPSA) is 52.9 Å². The van der Waals surface area contributed by atoms with E-state index in [1.807, 2.05) is 20.8 Å². The molecule has 1 aliphatic heterocycles. The van der Waals surface area contributed by atoms with Crippen LogP contribution >= 0.6 is 0 Å². The van der Waals surface area contributed by atoms with Crippen LogP contribution in [0.25, 0.3) is 0 Å². The predicted octanol–water partition coefficient (Wildman–Crippen LogP) is 0.0865. The molecule has 1 heterocycles. The Labute approximate surface area is 91.8 Å². The molecule has 2 N–H and O–H groups in total. The molecule has 1 rings (SSSR count). The van der Waals surface area contributed by atoms with Crippen LogP contribution in [-0.2, 0) is 4.74 Å². The van der Waals surface area contributed by atoms with Gasteiger partial charge in [-0.05, 0) is 12.8 Å². The second-order valence-corrected chi connectivity index (χ2v) is 4.89. The van der Waals surface area contributed by atoms with E-state index in [2.05, 4.69) is 4.90 Å². The molecule has 0 aliphatic carbocycles. The smallest absolute Gasteiger partial charge is 0.0768 e. The van der Waals surface area contributed by atoms with Crippen molar-refractivity contribution in [3.8, 4) is 0 Å². The zero-order valence-corrected chi connectivity index (χ0v) is 9.94. The summed E-state index contributed by atoms with van der Waals surface area (Å²) in [5, 5.41) is 19.4. The van der Waals surface area contributed by atoms with Gasteiger partial charge < -0.3 is 14.9 Å². The molecule has 4 nitrogen and oxygen atoms in total. The van der Waals surface area contributed by atoms with E-state index in [1.54, 1.807) is 0 Å². The molecule has 4 heteroatoms. The maximum Gasteiger partial charge on any atom is 0.0768 e. The van der Waals surface area contributed by atoms with Gasteiger partial charge in [-0.15, -0.1) is 0 Å². The second kappa shape index (κ2) is 5.25. The minimum atomic E-state index is -0.704. The largest absolute Gasteiger partial charge is 0.395 e. The highest BCUT2D eigenvalue weighted by molar-refractivity contribution is 4.85. The summed E-state index contributed by atoms with van der Waals surface area (Å²) in [5.74, 6) is 0.208. The number of rotatable bonds is 4. The number of morpholine rings is 1. The number of aliphatic hydroxyl groups is 2. The maximum atomic E-state index is 10.2. The number of nitrogens with zero attached hydrogens (tertiary/aromatic N) is 1. The van der Waals surface area contributed by atoms with E-state index in [1.165, 1.54) is 0 Å². The summed E-state index contributed by atoms with van der Waals surface area (Å²) in [4.78, 5) is 2.11. The van der Waals surface area contributed by atoms with Crippen LogP contribution in [0.15, 0.2) is 0 Å². The predicted molar refractivity (Wildman–Crippen MR) is 58.7 cm³/mol. The molecule has 0 aromatic rings. The van der Waals surface area contributed by atoms with Gasteiger partial charge in [-0.2, -0.15) is 0 Å². The van der Waals surface area contributed by atoms with Gasteiger partial charge in [0, 0.05) is 13.1 Å². The fourth-order valence-electron chi connectivity index (χ4n) is 1.66. The van der Waals surface area contributed by atoms with Crippen molar-refractivity contribution in [3.05, 3.63) is 0 Å². The lowest BCUT2D eigenvalue weighted by Gasteiger charge is -2.40. The van der Waals surface area contributed by atoms with Crippen molar-refractivity contribution in [1.82, 2.24) is 4.90 Å². The van der Waals surface area contributed by atoms with Crippen LogP contribution in [0.1, 0.15) is 20.8 Å². The number of β-amino-alcohol motifs (C(OH)–C–C–N with tert-alkyl or cyclic N) is 1. The first-order chi connectivity index (χ1) is 6.97. The van der Waals surface area contributed by atoms with Gasteiger partial charge >= 0.3 is 0 Å². The monoisotopic (exact) mass is 217 g/mol. The van der Waals surface area contributed by atoms with Crippen LogP contribution in [0.4, 0.5) is 0 Å². The molecular weight excluding hydrogens is 194 g/mol. The zero-order chi connectivity index (χ0) is 11.5. The van der Waals surface area contributed by atoms with Crippen LogP contribution in [0.3, 0.4) is 0 Å². The van der Waals surface area contributed by atoms with Crippen molar-refractivity contribution in [1.29, 1.82) is 0 Å². The van der Waals surface area contributed by atoms with Crippen molar-refractivity contribution in [3.63, 3.8) is 0 Å². The normalized spacial score (nSPS) is 28.0. The van der Waals surface area contributed by atoms with E-state index < -0.39 is 5.60 Å². The lowest BCUT2D eigenvalue weighted by atomic mass is 9.91. The first-order valence-electron chi connectivity index (χ1n) is 5.62. The van der Waals surface area contributed by atoms with Crippen molar-refractivity contribution in [2.75, 3.05) is 32.9 Å². The SMILES string of the molecule is CC(C)C(C)(O)CN1CCOCC1CO. The van der Waals surface area contributed by atoms with Gasteiger partial charge in [0.2, 0.25) is 0 Å². The Balaban J connectivity index is 2.54. The fourth-order valence-corrected chi connectivity index (χ4v) is 1.66. The second-order valence-electron chi connectivity index (χ2n) is 4.89. The Kier molecular flexibility index (Phi) is 4.52. The Morgan fingerprint density at radius 2 is 2.20 bits per heavy atom. The van der Waals surface area contributed by atoms with Crippen LogP contribution < -0.4 is 0 Å². The minimum Gasteiger partial charge on any atom is -0.395 e. The Morgan fingerprint density at radius 3 is 2.73 bits per heavy atom. The summed E-state index contributed by atoms with van der Waals surface area (Å²) in [6.07, 6.45) is 0. The molecule has 0 aromatic carbocycles. The van der Waals surface area contributed by atoms with E-state index >= 15 is 0 Å². The zero-order valence-electron chi connectivity index (χ0n) is 9.94. The number of aliphatic hydroxyl groups excluding tert-OH is 1. The summed E-state index contributed by atoms with van der Waals surface area (Å²) in [6.45, 7) is 8.58. The van der Waals surface area contributed by atoms with Crippen LogP contribution in [-0.4, -0.2) is 59.7 Å². The molecule has 2 unspecified atom stereocenters. The summed E-state index contributed by atoms with van der Waals surface area (Å²) in [6, 6.07) is 0.0315. The number of hydrogen-bond donors (Lipinski definition) is 2. The average molecular weight is 217 g/mol. The van der Waals surface area contributed by atoms with Crippen LogP contribution in [0.5, 0.6) is 0 Å². The van der Waals surface area contributed by atoms with Gasteiger partial charge in [0.1, 0.15) is 0 Å². The van der Waals surface area contributed by atoms with Crippen molar-refractivity contribution in [2.45, 2.75) is 32.4 Å². The van der Waals surface area contributed by atoms with Gasteiger partial charge in [-0.1, -0.05) is 13.8 Å². The summed E-state index contributed by atoms with van der Waals surface area (Å²) >= 11 is 0. The molecule has 1 fully saturated rings. The Morgan fingerprint density at radius 1 is 1.53 bits per heavy atom. The highest BCUT2D eigenvalue weighted by atomic mass is 16.5. The molecule has 0 saturated carbocycles. The molecule has 0 radical (unpaired) electrons. The van der Waals surface area contributed by atoms with E-state index in [4.69, 9.17) is 4.74 Å². The first kappa shape index (κ1) is 12.9. The molecule has 1 aliphatic rings. The molecule has 2 atom stereocenters. The molecule has 0 bridgehead atoms. The highest BCUT2D eigenvalue weighted by Crippen LogP contribution is 2.20. The molecule has 90 valence electrons. The third-order valence-corrected chi connectivity index (χ3v) is 3.33. The van der Waals surface area contributed by atoms with Crippen LogP contribution in [0, 0.1) is 5.92 Å². The quantitative estimate of drug-likeness (QED) is 0.700. The van der Waals surface area contributed by atoms with Gasteiger partial charge in [0.15, 0.2) is 0 Å². The van der Waals surface area contributed by atoms with Gasteiger partial charge in [0.05, 0.1) is 31.5 Å². The van der Waals surface area contributed by atoms with Crippen molar-refractivity contribution < 1.29 is 14.9 Å². The third-order valence-electron chi connectivity index (χ3n) is 3.33. The summed E-state index contributed by atoms with van der Waals surface area (Å²) < 4.78 is 5.29. The molecule has 0 amide bonds. The fraction of sp³-hybridized carbons (Fsp3) is 1.00. The highest BCUT2D eigenvalue weighted by Gasteiger charge is 2.32. The molecule has 0 spiro atoms. The van der Waals surface area contributed by atoms with E-state index in [-0.39, 0.29) is 18.6 Å². The van der Waals surface area contributed by atoms with E-state index in [0.717, 1.165) is 6.54 Å². The number of ether oxygens (including phenoxy) is 1. The Bertz CT molecular complexity index is 194. The number of hydrogen-bond acceptors (Lipinski definition) is 4. The summed E-state index contributed by atoms with van der Waals surface area (Å²) in [5.41, 5.74) is -0.704. The van der Waals surface area contributed by atoms with Crippen molar-refractivity contribution >= 4 is 0 Å². The molecular formula is C11H23NO3. The van der Waals surface area contributed by atoms with Gasteiger partial charge in [-0.25, -0.2) is 0 Å². The maximum absolute atomic E-state index is 10.2. The lowest BCUT2D eigenvalue weighted by Crippen LogP contribution is -2.54. The van der Waals surface area contributed by atoms with Crippen LogP contribution in [0.2, 0.25) is 0 Å².